The molecule has 0 radical (unpaired) electrons. The topological polar surface area (TPSA) is 192 Å². The van der Waals surface area contributed by atoms with Crippen LogP contribution in [0.2, 0.25) is 0 Å². The molecule has 16 heteroatoms. The number of pyridine rings is 1. The maximum atomic E-state index is 14.9. The molecule has 0 unspecified atom stereocenters. The van der Waals surface area contributed by atoms with E-state index >= 15 is 0 Å². The van der Waals surface area contributed by atoms with Crippen molar-refractivity contribution >= 4 is 44.7 Å². The number of alkyl carbamates (subject to hydrolysis) is 1. The average molecular weight is 866 g/mol. The molecule has 61 heavy (non-hydrogen) atoms. The van der Waals surface area contributed by atoms with Gasteiger partial charge in [-0.25, -0.2) is 18.2 Å². The van der Waals surface area contributed by atoms with E-state index in [1.54, 1.807) is 34.8 Å². The molecule has 3 N–H and O–H groups in total. The van der Waals surface area contributed by atoms with E-state index in [-0.39, 0.29) is 19.4 Å². The van der Waals surface area contributed by atoms with Crippen LogP contribution in [0, 0.1) is 5.92 Å². The Labute approximate surface area is 359 Å². The van der Waals surface area contributed by atoms with Crippen LogP contribution < -0.4 is 24.8 Å². The molecular weight excluding hydrogens is 803 g/mol. The number of nitrogens with one attached hydrogen (secondary N) is 3. The molecule has 2 aromatic rings. The van der Waals surface area contributed by atoms with Crippen LogP contribution in [0.25, 0.3) is 10.9 Å². The minimum atomic E-state index is -4.02. The van der Waals surface area contributed by atoms with Crippen molar-refractivity contribution in [1.82, 2.24) is 25.2 Å². The highest BCUT2D eigenvalue weighted by molar-refractivity contribution is 7.91. The molecule has 3 aliphatic heterocycles. The van der Waals surface area contributed by atoms with E-state index in [0.717, 1.165) is 41.4 Å². The molecule has 1 spiro atoms. The van der Waals surface area contributed by atoms with E-state index in [1.165, 1.54) is 4.90 Å². The average Bonchev–Trinajstić information content (AvgIpc) is 3.87. The van der Waals surface area contributed by atoms with Crippen molar-refractivity contribution in [2.24, 2.45) is 5.92 Å². The molecule has 5 atom stereocenters. The van der Waals surface area contributed by atoms with Crippen LogP contribution in [0.3, 0.4) is 0 Å². The van der Waals surface area contributed by atoms with Crippen LogP contribution in [-0.2, 0) is 46.7 Å². The van der Waals surface area contributed by atoms with Gasteiger partial charge < -0.3 is 34.5 Å². The summed E-state index contributed by atoms with van der Waals surface area (Å²) in [4.78, 5) is 63.8. The smallest absolute Gasteiger partial charge is 0.408 e. The number of rotatable bonds is 10. The lowest BCUT2D eigenvalue weighted by Crippen LogP contribution is -2.70. The van der Waals surface area contributed by atoms with E-state index in [2.05, 4.69) is 15.4 Å². The van der Waals surface area contributed by atoms with Gasteiger partial charge >= 0.3 is 6.09 Å². The van der Waals surface area contributed by atoms with Gasteiger partial charge in [0.25, 0.3) is 5.91 Å². The molecule has 1 aromatic carbocycles. The maximum Gasteiger partial charge on any atom is 0.408 e. The van der Waals surface area contributed by atoms with E-state index in [4.69, 9.17) is 23.9 Å². The lowest BCUT2D eigenvalue weighted by atomic mass is 9.65. The Bertz CT molecular complexity index is 2170. The number of fused-ring (bicyclic) bond motifs is 5. The van der Waals surface area contributed by atoms with Crippen molar-refractivity contribution in [3.63, 3.8) is 0 Å². The van der Waals surface area contributed by atoms with Crippen molar-refractivity contribution in [3.05, 3.63) is 41.6 Å². The Balaban J connectivity index is 1.24. The fourth-order valence-corrected chi connectivity index (χ4v) is 10.4. The van der Waals surface area contributed by atoms with Gasteiger partial charge in [-0.2, -0.15) is 0 Å². The van der Waals surface area contributed by atoms with Crippen LogP contribution in [0.4, 0.5) is 4.79 Å². The quantitative estimate of drug-likeness (QED) is 0.200. The molecule has 1 saturated heterocycles. The largest absolute Gasteiger partial charge is 0.493 e. The number of carbonyl (C=O) groups excluding carboxylic acids is 4. The second-order valence-corrected chi connectivity index (χ2v) is 21.0. The summed E-state index contributed by atoms with van der Waals surface area (Å²) in [5.41, 5.74) is -0.831. The molecule has 4 heterocycles. The first-order valence-corrected chi connectivity index (χ1v) is 23.5. The van der Waals surface area contributed by atoms with Gasteiger partial charge in [0.1, 0.15) is 40.3 Å². The summed E-state index contributed by atoms with van der Waals surface area (Å²) >= 11 is 0. The van der Waals surface area contributed by atoms with Gasteiger partial charge in [-0.1, -0.05) is 31.9 Å². The number of aromatic nitrogens is 1. The second-order valence-electron chi connectivity index (χ2n) is 18.8. The zero-order valence-corrected chi connectivity index (χ0v) is 37.3. The van der Waals surface area contributed by atoms with E-state index < -0.39 is 73.3 Å². The fraction of sp³-hybridized carbons (Fsp3) is 0.667. The molecule has 5 aliphatic rings. The summed E-state index contributed by atoms with van der Waals surface area (Å²) in [5.74, 6) is -0.948. The van der Waals surface area contributed by atoms with Gasteiger partial charge in [-0.3, -0.25) is 19.1 Å². The van der Waals surface area contributed by atoms with Crippen molar-refractivity contribution in [1.29, 1.82) is 0 Å². The SMILES string of the molecule is CCc1nc2ccc(OCCCOC)cc2c2c1O[C@]1(CC2)C[C@H]2C(=O)N[C@]3(C(=O)NS(=O)(=O)C4(C)CC4)CC[C@H]3/C=C\CCCCC[C@H](NC(=O)OC(C)(C)C)C(=O)N2C1. The van der Waals surface area contributed by atoms with Gasteiger partial charge in [0.15, 0.2) is 0 Å². The molecule has 4 amide bonds. The molecule has 334 valence electrons. The lowest BCUT2D eigenvalue weighted by Gasteiger charge is -2.48. The molecule has 7 rings (SSSR count). The van der Waals surface area contributed by atoms with Crippen molar-refractivity contribution < 1.29 is 46.5 Å². The van der Waals surface area contributed by atoms with Gasteiger partial charge in [0.05, 0.1) is 29.1 Å². The number of carbonyl (C=O) groups is 4. The van der Waals surface area contributed by atoms with Crippen molar-refractivity contribution in [2.45, 2.75) is 158 Å². The zero-order valence-electron chi connectivity index (χ0n) is 36.5. The van der Waals surface area contributed by atoms with Gasteiger partial charge in [0, 0.05) is 43.4 Å². The monoisotopic (exact) mass is 865 g/mol. The summed E-state index contributed by atoms with van der Waals surface area (Å²) in [6.45, 7) is 9.97. The third-order valence-electron chi connectivity index (χ3n) is 13.1. The lowest BCUT2D eigenvalue weighted by molar-refractivity contribution is -0.144. The standard InChI is InChI=1S/C45H63N5O10S/c1-7-33-37-31(32-26-30(16-17-34(32)46-33)58-25-13-24-57-6)19-20-44(59-37)27-36-38(51)48-45(40(53)49-61(55,56)43(5)22-23-43)21-18-29(45)14-11-9-8-10-12-15-35(39(52)50(36)28-44)47-41(54)60-42(2,3)4/h11,14,16-17,26,29,35-36H,7-10,12-13,15,18-25,27-28H2,1-6H3,(H,47,54)(H,48,51)(H,49,53)/b14-11-/t29-,35+,36+,44-,45-/m1/s1. The number of benzene rings is 1. The highest BCUT2D eigenvalue weighted by Crippen LogP contribution is 2.47. The second kappa shape index (κ2) is 17.4. The molecule has 2 saturated carbocycles. The van der Waals surface area contributed by atoms with Gasteiger partial charge in [-0.15, -0.1) is 0 Å². The first kappa shape index (κ1) is 44.6. The molecule has 0 bridgehead atoms. The Kier molecular flexibility index (Phi) is 12.7. The highest BCUT2D eigenvalue weighted by Gasteiger charge is 2.59. The first-order valence-electron chi connectivity index (χ1n) is 22.0. The number of hydrogen-bond donors (Lipinski definition) is 3. The third-order valence-corrected chi connectivity index (χ3v) is 15.3. The summed E-state index contributed by atoms with van der Waals surface area (Å²) in [6, 6.07) is 3.72. The number of sulfonamides is 1. The Morgan fingerprint density at radius 1 is 1.07 bits per heavy atom. The summed E-state index contributed by atoms with van der Waals surface area (Å²) in [5, 5.41) is 6.75. The van der Waals surface area contributed by atoms with Crippen LogP contribution in [0.15, 0.2) is 30.4 Å². The van der Waals surface area contributed by atoms with Crippen molar-refractivity contribution in [3.8, 4) is 11.5 Å². The van der Waals surface area contributed by atoms with E-state index in [9.17, 15) is 27.6 Å². The van der Waals surface area contributed by atoms with Crippen LogP contribution in [0.1, 0.15) is 123 Å². The molecule has 15 nitrogen and oxygen atoms in total. The summed E-state index contributed by atoms with van der Waals surface area (Å²) in [7, 11) is -2.36. The number of aryl methyl sites for hydroxylation is 2. The molecular formula is C45H63N5O10S. The number of amides is 4. The zero-order chi connectivity index (χ0) is 43.8. The highest BCUT2D eigenvalue weighted by atomic mass is 32.2. The minimum absolute atomic E-state index is 0.0367. The number of nitrogens with zero attached hydrogens (tertiary/aromatic N) is 2. The summed E-state index contributed by atoms with van der Waals surface area (Å²) in [6.07, 6.45) is 10.5. The Hall–Kier alpha value is -4.44. The normalized spacial score (nSPS) is 28.1. The maximum absolute atomic E-state index is 14.9. The Morgan fingerprint density at radius 2 is 1.85 bits per heavy atom. The number of allylic oxidation sites excluding steroid dienone is 1. The number of hydrogen-bond acceptors (Lipinski definition) is 11. The molecule has 2 aliphatic carbocycles. The van der Waals surface area contributed by atoms with Crippen LogP contribution in [0.5, 0.6) is 11.5 Å². The number of methoxy groups -OCH3 is 1. The summed E-state index contributed by atoms with van der Waals surface area (Å²) < 4.78 is 51.9. The first-order chi connectivity index (χ1) is 28.9. The third kappa shape index (κ3) is 9.35. The molecule has 1 aromatic heterocycles. The van der Waals surface area contributed by atoms with Crippen molar-refractivity contribution in [2.75, 3.05) is 26.9 Å². The molecule has 3 fully saturated rings. The van der Waals surface area contributed by atoms with Gasteiger partial charge in [-0.05, 0) is 110 Å². The predicted octanol–water partition coefficient (Wildman–Crippen LogP) is 5.55. The Morgan fingerprint density at radius 3 is 2.54 bits per heavy atom. The van der Waals surface area contributed by atoms with Crippen LogP contribution >= 0.6 is 0 Å². The minimum Gasteiger partial charge on any atom is -0.493 e. The van der Waals surface area contributed by atoms with E-state index in [1.807, 2.05) is 37.3 Å². The van der Waals surface area contributed by atoms with E-state index in [0.29, 0.717) is 82.5 Å². The predicted molar refractivity (Wildman–Crippen MR) is 229 cm³/mol. The fourth-order valence-electron chi connectivity index (χ4n) is 9.12. The van der Waals surface area contributed by atoms with Gasteiger partial charge in [0.2, 0.25) is 21.8 Å². The van der Waals surface area contributed by atoms with Crippen LogP contribution in [-0.4, -0.2) is 103 Å². The number of ether oxygens (including phenoxy) is 4.